The molecule has 3 heterocycles. The van der Waals surface area contributed by atoms with Crippen LogP contribution in [-0.4, -0.2) is 44.3 Å². The van der Waals surface area contributed by atoms with Crippen LogP contribution < -0.4 is 0 Å². The summed E-state index contributed by atoms with van der Waals surface area (Å²) in [7, 11) is 0. The second-order valence-electron chi connectivity index (χ2n) is 45.7. The molecule has 0 atom stereocenters. The third-order valence-electron chi connectivity index (χ3n) is 29.5. The van der Waals surface area contributed by atoms with E-state index in [9.17, 15) is 0 Å². The first-order chi connectivity index (χ1) is 67.2. The molecular formula is C133H148Ir3N9-3. The first kappa shape index (κ1) is 112. The molecule has 0 N–H and O–H groups in total. The van der Waals surface area contributed by atoms with Crippen molar-refractivity contribution in [3.63, 3.8) is 0 Å². The Morgan fingerprint density at radius 2 is 0.572 bits per heavy atom. The monoisotopic (exact) mass is 2450 g/mol. The van der Waals surface area contributed by atoms with Crippen LogP contribution in [0.3, 0.4) is 0 Å². The topological polar surface area (TPSA) is 92.1 Å². The van der Waals surface area contributed by atoms with Gasteiger partial charge >= 0.3 is 0 Å². The maximum atomic E-state index is 4.94. The van der Waals surface area contributed by atoms with Crippen molar-refractivity contribution in [3.05, 3.63) is 387 Å². The molecule has 0 amide bonds. The minimum absolute atomic E-state index is 0. The second kappa shape index (κ2) is 45.4. The normalized spacial score (nSPS) is 12.0. The van der Waals surface area contributed by atoms with Gasteiger partial charge < -0.3 is 13.7 Å². The van der Waals surface area contributed by atoms with E-state index in [1.54, 1.807) is 0 Å². The van der Waals surface area contributed by atoms with Gasteiger partial charge in [0.05, 0.1) is 17.5 Å². The summed E-state index contributed by atoms with van der Waals surface area (Å²) in [6.45, 7) is 69.8. The van der Waals surface area contributed by atoms with Gasteiger partial charge in [-0.15, -0.1) is 121 Å². The first-order valence-corrected chi connectivity index (χ1v) is 51.3. The summed E-state index contributed by atoms with van der Waals surface area (Å²) >= 11 is 0. The average Bonchev–Trinajstić information content (AvgIpc) is 1.71. The van der Waals surface area contributed by atoms with Crippen molar-refractivity contribution in [2.24, 2.45) is 0 Å². The van der Waals surface area contributed by atoms with Crippen LogP contribution in [0.25, 0.3) is 140 Å². The van der Waals surface area contributed by atoms with E-state index in [0.717, 1.165) is 111 Å². The van der Waals surface area contributed by atoms with E-state index < -0.39 is 0 Å². The predicted octanol–water partition coefficient (Wildman–Crippen LogP) is 35.6. The Kier molecular flexibility index (Phi) is 35.2. The minimum atomic E-state index is -0.189. The summed E-state index contributed by atoms with van der Waals surface area (Å²) < 4.78 is 6.86. The summed E-state index contributed by atoms with van der Waals surface area (Å²) in [5.41, 5.74) is 42.3. The van der Waals surface area contributed by atoms with Crippen molar-refractivity contribution in [2.75, 3.05) is 0 Å². The molecule has 0 aliphatic heterocycles. The van der Waals surface area contributed by atoms with Crippen LogP contribution in [0.15, 0.2) is 279 Å². The first-order valence-electron chi connectivity index (χ1n) is 51.3. The smallest absolute Gasteiger partial charge is 0.134 e. The molecule has 9 nitrogen and oxygen atoms in total. The van der Waals surface area contributed by atoms with Gasteiger partial charge in [-0.05, 0) is 283 Å². The summed E-state index contributed by atoms with van der Waals surface area (Å²) in [5, 5.41) is 29.2. The molecule has 0 saturated heterocycles. The molecule has 3 aromatic heterocycles. The molecule has 12 heteroatoms. The van der Waals surface area contributed by atoms with Crippen molar-refractivity contribution in [2.45, 2.75) is 284 Å². The zero-order chi connectivity index (χ0) is 102. The van der Waals surface area contributed by atoms with Crippen LogP contribution in [0.4, 0.5) is 0 Å². The van der Waals surface area contributed by atoms with Gasteiger partial charge in [-0.2, -0.15) is 15.3 Å². The molecule has 0 aliphatic carbocycles. The fourth-order valence-corrected chi connectivity index (χ4v) is 19.8. The van der Waals surface area contributed by atoms with Crippen molar-refractivity contribution in [3.8, 4) is 140 Å². The molecule has 3 radical (unpaired) electrons. The van der Waals surface area contributed by atoms with Crippen molar-refractivity contribution in [1.29, 1.82) is 0 Å². The van der Waals surface area contributed by atoms with Crippen molar-refractivity contribution >= 4 is 0 Å². The largest absolute Gasteiger partial charge is 0.319 e. The van der Waals surface area contributed by atoms with Gasteiger partial charge in [0.1, 0.15) is 17.5 Å². The average molecular weight is 2450 g/mol. The molecule has 14 aromatic carbocycles. The van der Waals surface area contributed by atoms with Crippen molar-refractivity contribution < 1.29 is 60.3 Å². The fraction of sp³-hybridized carbons (Fsp3) is 0.323. The van der Waals surface area contributed by atoms with Crippen LogP contribution in [-0.2, 0) is 105 Å². The van der Waals surface area contributed by atoms with Gasteiger partial charge in [0, 0.05) is 93.6 Å². The quantitative estimate of drug-likeness (QED) is 0.0628. The van der Waals surface area contributed by atoms with E-state index in [2.05, 4.69) is 513 Å². The summed E-state index contributed by atoms with van der Waals surface area (Å²) in [5.74, 6) is 5.71. The summed E-state index contributed by atoms with van der Waals surface area (Å²) in [6, 6.07) is 112. The Morgan fingerprint density at radius 3 is 0.952 bits per heavy atom. The van der Waals surface area contributed by atoms with Crippen molar-refractivity contribution in [1.82, 2.24) is 44.3 Å². The number of rotatable bonds is 22. The van der Waals surface area contributed by atoms with E-state index in [4.69, 9.17) is 30.6 Å². The SMILES string of the molecule is CCC(C)(C)c1nnc(-c2[c-]ccc(-c3c(C)cc(C(C)(C)C)cc3C)c2)n1-c1ccc(C(C)(C)C)cc1C.CCC(C)(C)c1nnc(-c2[c-]ccc(-c3cc(-c4ccc(C(C)(C)C)cc4)cc(-c4ccc(C(C)(C)C)cc4)c3)c2)n1-c1ccc(C)cc1C(C)C.CCc1cc(-c2ccccc2)ccc1-n1c(-c2[c-]ccc(-c3c(C)c(-c4ccccc4)c(C)c(-c4ccccc4)c3C)c2)nnc1C(C)(C)CC.[Ir].[Ir].[Ir]. The van der Waals surface area contributed by atoms with E-state index >= 15 is 0 Å². The molecular weight excluding hydrogens is 2300 g/mol. The number of aryl methyl sites for hydroxylation is 5. The Morgan fingerprint density at radius 1 is 0.262 bits per heavy atom. The zero-order valence-electron chi connectivity index (χ0n) is 91.5. The molecule has 145 heavy (non-hydrogen) atoms. The van der Waals surface area contributed by atoms with Gasteiger partial charge in [-0.3, -0.25) is 0 Å². The summed E-state index contributed by atoms with van der Waals surface area (Å²) in [4.78, 5) is 0. The van der Waals surface area contributed by atoms with Crippen LogP contribution in [0, 0.1) is 66.7 Å². The Hall–Kier alpha value is -11.6. The Balaban J connectivity index is 0.000000194. The number of hydrogen-bond donors (Lipinski definition) is 0. The van der Waals surface area contributed by atoms with Gasteiger partial charge in [0.25, 0.3) is 0 Å². The van der Waals surface area contributed by atoms with Crippen LogP contribution in [0.5, 0.6) is 0 Å². The number of nitrogens with zero attached hydrogens (tertiary/aromatic N) is 9. The minimum Gasteiger partial charge on any atom is -0.319 e. The van der Waals surface area contributed by atoms with E-state index in [1.165, 1.54) is 145 Å². The molecule has 0 spiro atoms. The van der Waals surface area contributed by atoms with Gasteiger partial charge in [-0.25, -0.2) is 0 Å². The summed E-state index contributed by atoms with van der Waals surface area (Å²) in [6.07, 6.45) is 3.73. The molecule has 755 valence electrons. The van der Waals surface area contributed by atoms with E-state index in [0.29, 0.717) is 5.92 Å². The third-order valence-corrected chi connectivity index (χ3v) is 29.5. The second-order valence-corrected chi connectivity index (χ2v) is 45.7. The van der Waals surface area contributed by atoms with Crippen LogP contribution in [0.1, 0.15) is 281 Å². The Bertz CT molecular complexity index is 7230. The fourth-order valence-electron chi connectivity index (χ4n) is 19.8. The van der Waals surface area contributed by atoms with Gasteiger partial charge in [0.15, 0.2) is 0 Å². The molecule has 0 bridgehead atoms. The van der Waals surface area contributed by atoms with Gasteiger partial charge in [0.2, 0.25) is 0 Å². The number of aromatic nitrogens is 9. The Labute approximate surface area is 908 Å². The molecule has 17 aromatic rings. The molecule has 0 aliphatic rings. The van der Waals surface area contributed by atoms with Crippen LogP contribution >= 0.6 is 0 Å². The third kappa shape index (κ3) is 24.2. The molecule has 0 fully saturated rings. The zero-order valence-corrected chi connectivity index (χ0v) is 98.7. The molecule has 0 unspecified atom stereocenters. The van der Waals surface area contributed by atoms with E-state index in [-0.39, 0.29) is 98.2 Å². The molecule has 0 saturated carbocycles. The number of hydrogen-bond acceptors (Lipinski definition) is 6. The number of benzene rings is 14. The van der Waals surface area contributed by atoms with Crippen LogP contribution in [0.2, 0.25) is 0 Å². The maximum Gasteiger partial charge on any atom is 0.134 e. The van der Waals surface area contributed by atoms with Gasteiger partial charge in [-0.1, -0.05) is 354 Å². The predicted molar refractivity (Wildman–Crippen MR) is 602 cm³/mol. The van der Waals surface area contributed by atoms with E-state index in [1.807, 2.05) is 12.1 Å². The maximum absolute atomic E-state index is 4.94. The molecule has 17 rings (SSSR count). The standard InChI is InChI=1S/C49H56N3.C48H46N3.C36H46N3.3Ir/c1-13-49(11,12)46-51-50-45(52(46)44-26-17-33(4)27-43(44)32(2)3)37-16-14-15-36(28-37)40-30-38(34-18-22-41(23-19-34)47(5,6)7)29-39(31-40)35-20-24-42(25-21-35)48(8,9)10;1-8-35-30-39(36-20-13-10-14-21-36)28-29-42(35)51-46(49-50-47(51)48(6,7)9-2)41-27-19-26-40(31-41)45-33(4)43(37-22-15-11-16-23-37)32(3)44(34(45)5)38-24-17-12-18-25-38;1-13-36(11,12)33-38-37-32(39(33)30-18-17-28(19-23(30)2)34(5,6)7)27-16-14-15-26(22-27)31-24(3)20-29(21-25(31)4)35(8,9)10;;;/h14-15,17-32H,13H2,1-12H3;10-26,28-31H,8-9H2,1-7H3;14-15,17-22H,13H2,1-12H3;;;/q3*-1;;;.